The molecule has 3 N–H and O–H groups in total. The van der Waals surface area contributed by atoms with Crippen molar-refractivity contribution in [2.75, 3.05) is 18.4 Å². The van der Waals surface area contributed by atoms with E-state index in [-0.39, 0.29) is 6.42 Å². The molecule has 8 heteroatoms. The minimum absolute atomic E-state index is 0.0981. The van der Waals surface area contributed by atoms with Gasteiger partial charge in [0, 0.05) is 6.54 Å². The molecule has 0 saturated heterocycles. The lowest BCUT2D eigenvalue weighted by molar-refractivity contribution is -0.157. The molecule has 0 saturated carbocycles. The van der Waals surface area contributed by atoms with E-state index in [0.717, 1.165) is 44.1 Å². The van der Waals surface area contributed by atoms with Crippen molar-refractivity contribution in [2.24, 2.45) is 0 Å². The van der Waals surface area contributed by atoms with Gasteiger partial charge in [0.05, 0.1) is 17.1 Å². The molecule has 1 atom stereocenters. The molecule has 30 heavy (non-hydrogen) atoms. The number of anilines is 1. The van der Waals surface area contributed by atoms with E-state index < -0.39 is 18.1 Å². The predicted octanol–water partition coefficient (Wildman–Crippen LogP) is 4.25. The number of carbonyl (C=O) groups is 1. The smallest absolute Gasteiger partial charge is 0.380 e. The van der Waals surface area contributed by atoms with E-state index in [4.69, 9.17) is 11.6 Å². The Morgan fingerprint density at radius 3 is 2.47 bits per heavy atom. The number of rotatable bonds is 6. The zero-order chi connectivity index (χ0) is 21.7. The summed E-state index contributed by atoms with van der Waals surface area (Å²) in [6.07, 6.45) is -2.68. The van der Waals surface area contributed by atoms with E-state index in [1.54, 1.807) is 12.1 Å². The van der Waals surface area contributed by atoms with Gasteiger partial charge in [-0.15, -0.1) is 0 Å². The molecule has 1 heterocycles. The summed E-state index contributed by atoms with van der Waals surface area (Å²) in [4.78, 5) is 11.8. The van der Waals surface area contributed by atoms with Crippen molar-refractivity contribution < 1.29 is 18.0 Å². The van der Waals surface area contributed by atoms with Crippen LogP contribution in [-0.4, -0.2) is 31.2 Å². The van der Waals surface area contributed by atoms with Crippen molar-refractivity contribution in [3.63, 3.8) is 0 Å². The molecule has 1 unspecified atom stereocenters. The molecule has 2 aromatic rings. The van der Waals surface area contributed by atoms with Gasteiger partial charge in [-0.2, -0.15) is 13.2 Å². The first kappa shape index (κ1) is 22.4. The largest absolute Gasteiger partial charge is 0.408 e. The molecule has 0 fully saturated rings. The second-order valence-corrected chi connectivity index (χ2v) is 7.89. The summed E-state index contributed by atoms with van der Waals surface area (Å²) < 4.78 is 37.6. The lowest BCUT2D eigenvalue weighted by atomic mass is 10.0. The average molecular weight is 440 g/mol. The van der Waals surface area contributed by atoms with Crippen LogP contribution in [0.2, 0.25) is 5.02 Å². The van der Waals surface area contributed by atoms with Gasteiger partial charge in [0.1, 0.15) is 6.04 Å². The lowest BCUT2D eigenvalue weighted by Crippen LogP contribution is -2.43. The summed E-state index contributed by atoms with van der Waals surface area (Å²) in [5, 5.41) is 9.47. The Balaban J connectivity index is 1.60. The summed E-state index contributed by atoms with van der Waals surface area (Å²) in [6, 6.07) is 9.36. The average Bonchev–Trinajstić information content (AvgIpc) is 2.93. The van der Waals surface area contributed by atoms with E-state index in [9.17, 15) is 18.0 Å². The number of halogens is 4. The second-order valence-electron chi connectivity index (χ2n) is 7.49. The quantitative estimate of drug-likeness (QED) is 0.630. The minimum Gasteiger partial charge on any atom is -0.380 e. The van der Waals surface area contributed by atoms with Gasteiger partial charge in [-0.3, -0.25) is 4.79 Å². The Hall–Kier alpha value is -2.25. The number of nitrogens with one attached hydrogen (secondary N) is 3. The van der Waals surface area contributed by atoms with Gasteiger partial charge in [-0.1, -0.05) is 41.9 Å². The number of benzene rings is 2. The summed E-state index contributed by atoms with van der Waals surface area (Å²) >= 11 is 6.43. The van der Waals surface area contributed by atoms with Crippen LogP contribution >= 0.6 is 11.6 Å². The molecule has 4 nitrogen and oxygen atoms in total. The summed E-state index contributed by atoms with van der Waals surface area (Å²) in [5.41, 5.74) is 5.12. The number of fused-ring (bicyclic) bond motifs is 1. The van der Waals surface area contributed by atoms with Gasteiger partial charge < -0.3 is 16.0 Å². The molecule has 1 aliphatic heterocycles. The zero-order valence-corrected chi connectivity index (χ0v) is 17.5. The molecule has 0 aliphatic carbocycles. The van der Waals surface area contributed by atoms with Crippen LogP contribution in [0, 0.1) is 0 Å². The molecule has 1 amide bonds. The molecular formula is C22H25ClF3N3O. The Morgan fingerprint density at radius 1 is 1.10 bits per heavy atom. The maximum absolute atomic E-state index is 12.5. The maximum Gasteiger partial charge on any atom is 0.408 e. The molecule has 0 aromatic heterocycles. The molecule has 0 bridgehead atoms. The van der Waals surface area contributed by atoms with Gasteiger partial charge in [-0.05, 0) is 61.2 Å². The molecule has 0 radical (unpaired) electrons. The minimum atomic E-state index is -4.45. The van der Waals surface area contributed by atoms with Gasteiger partial charge in [-0.25, -0.2) is 0 Å². The van der Waals surface area contributed by atoms with Crippen LogP contribution < -0.4 is 16.0 Å². The Kier molecular flexibility index (Phi) is 7.26. The van der Waals surface area contributed by atoms with Crippen molar-refractivity contribution in [1.29, 1.82) is 0 Å². The fourth-order valence-corrected chi connectivity index (χ4v) is 3.70. The third-order valence-electron chi connectivity index (χ3n) is 5.21. The monoisotopic (exact) mass is 439 g/mol. The summed E-state index contributed by atoms with van der Waals surface area (Å²) in [5.74, 6) is -0.655. The first-order valence-corrected chi connectivity index (χ1v) is 10.3. The number of alkyl halides is 3. The molecule has 1 aliphatic rings. The Labute approximate surface area is 179 Å². The van der Waals surface area contributed by atoms with Crippen LogP contribution in [0.1, 0.15) is 29.2 Å². The van der Waals surface area contributed by atoms with Crippen LogP contribution in [-0.2, 0) is 30.6 Å². The van der Waals surface area contributed by atoms with Gasteiger partial charge >= 0.3 is 6.18 Å². The standard InChI is InChI=1S/C22H25ClF3N3O/c1-14(22(24,25)26)29-20(30)12-15-2-4-16(5-3-15)13-28-21-18-9-11-27-10-8-17(18)6-7-19(21)23/h2-7,14,27-28H,8-13H2,1H3,(H,29,30). The maximum atomic E-state index is 12.5. The topological polar surface area (TPSA) is 53.2 Å². The van der Waals surface area contributed by atoms with Crippen molar-refractivity contribution in [2.45, 2.75) is 44.9 Å². The molecule has 3 rings (SSSR count). The van der Waals surface area contributed by atoms with Crippen molar-refractivity contribution in [3.05, 3.63) is 63.7 Å². The highest BCUT2D eigenvalue weighted by Gasteiger charge is 2.36. The Morgan fingerprint density at radius 2 is 1.77 bits per heavy atom. The number of hydrogen-bond acceptors (Lipinski definition) is 3. The van der Waals surface area contributed by atoms with Crippen LogP contribution in [0.15, 0.2) is 36.4 Å². The van der Waals surface area contributed by atoms with Crippen LogP contribution in [0.4, 0.5) is 18.9 Å². The zero-order valence-electron chi connectivity index (χ0n) is 16.7. The van der Waals surface area contributed by atoms with Gasteiger partial charge in [0.25, 0.3) is 0 Å². The van der Waals surface area contributed by atoms with E-state index >= 15 is 0 Å². The second kappa shape index (κ2) is 9.71. The van der Waals surface area contributed by atoms with Crippen molar-refractivity contribution in [3.8, 4) is 0 Å². The van der Waals surface area contributed by atoms with Gasteiger partial charge in [0.2, 0.25) is 5.91 Å². The SMILES string of the molecule is CC(NC(=O)Cc1ccc(CNc2c(Cl)ccc3c2CCNCC3)cc1)C(F)(F)F. The van der Waals surface area contributed by atoms with E-state index in [2.05, 4.69) is 16.7 Å². The predicted molar refractivity (Wildman–Crippen MR) is 113 cm³/mol. The van der Waals surface area contributed by atoms with Gasteiger partial charge in [0.15, 0.2) is 0 Å². The first-order chi connectivity index (χ1) is 14.2. The highest BCUT2D eigenvalue weighted by molar-refractivity contribution is 6.33. The van der Waals surface area contributed by atoms with Crippen LogP contribution in [0.5, 0.6) is 0 Å². The Bertz CT molecular complexity index is 884. The van der Waals surface area contributed by atoms with Crippen molar-refractivity contribution >= 4 is 23.2 Å². The van der Waals surface area contributed by atoms with Crippen LogP contribution in [0.25, 0.3) is 0 Å². The third-order valence-corrected chi connectivity index (χ3v) is 5.52. The summed E-state index contributed by atoms with van der Waals surface area (Å²) in [6.45, 7) is 3.34. The third kappa shape index (κ3) is 5.89. The summed E-state index contributed by atoms with van der Waals surface area (Å²) in [7, 11) is 0. The first-order valence-electron chi connectivity index (χ1n) is 9.93. The van der Waals surface area contributed by atoms with E-state index in [1.165, 1.54) is 11.1 Å². The molecule has 162 valence electrons. The van der Waals surface area contributed by atoms with E-state index in [1.807, 2.05) is 23.5 Å². The van der Waals surface area contributed by atoms with Crippen LogP contribution in [0.3, 0.4) is 0 Å². The molecular weight excluding hydrogens is 415 g/mol. The number of hydrogen-bond donors (Lipinski definition) is 3. The number of carbonyl (C=O) groups excluding carboxylic acids is 1. The highest BCUT2D eigenvalue weighted by Crippen LogP contribution is 2.31. The van der Waals surface area contributed by atoms with E-state index in [0.29, 0.717) is 17.1 Å². The lowest BCUT2D eigenvalue weighted by Gasteiger charge is -2.17. The fourth-order valence-electron chi connectivity index (χ4n) is 3.46. The molecule has 2 aromatic carbocycles. The molecule has 0 spiro atoms. The normalized spacial score (nSPS) is 15.1. The number of amides is 1. The fraction of sp³-hybridized carbons (Fsp3) is 0.409. The van der Waals surface area contributed by atoms with Crippen molar-refractivity contribution in [1.82, 2.24) is 10.6 Å². The highest BCUT2D eigenvalue weighted by atomic mass is 35.5.